The van der Waals surface area contributed by atoms with Crippen LogP contribution < -0.4 is 30.7 Å². The van der Waals surface area contributed by atoms with Crippen molar-refractivity contribution >= 4 is 63.3 Å². The molecule has 0 saturated heterocycles. The lowest BCUT2D eigenvalue weighted by atomic mass is 10.2. The summed E-state index contributed by atoms with van der Waals surface area (Å²) in [6.45, 7) is 0. The van der Waals surface area contributed by atoms with E-state index in [0.717, 1.165) is 39.7 Å². The third kappa shape index (κ3) is 6.23. The van der Waals surface area contributed by atoms with E-state index in [0.29, 0.717) is 0 Å². The maximum Gasteiger partial charge on any atom is 0.202 e. The topological polar surface area (TPSA) is 32.3 Å². The molecule has 0 spiro atoms. The smallest absolute Gasteiger partial charge is 0.202 e. The Bertz CT molecular complexity index is 2060. The van der Waals surface area contributed by atoms with E-state index in [1.807, 2.05) is 24.4 Å². The minimum atomic E-state index is -3.04. The van der Waals surface area contributed by atoms with Crippen LogP contribution in [-0.2, 0) is 0 Å². The number of aromatic nitrogens is 2. The van der Waals surface area contributed by atoms with Crippen molar-refractivity contribution in [2.24, 2.45) is 0 Å². The van der Waals surface area contributed by atoms with Gasteiger partial charge < -0.3 is 0 Å². The summed E-state index contributed by atoms with van der Waals surface area (Å²) in [4.78, 5) is 15.0. The van der Waals surface area contributed by atoms with Crippen molar-refractivity contribution < 1.29 is 0 Å². The molecule has 0 aliphatic rings. The molecule has 0 fully saturated rings. The fourth-order valence-electron chi connectivity index (χ4n) is 7.00. The number of hydrogen-bond acceptors (Lipinski definition) is 4. The molecule has 244 valence electrons. The molecule has 2 heterocycles. The van der Waals surface area contributed by atoms with Crippen molar-refractivity contribution in [1.29, 1.82) is 0 Å². The lowest BCUT2D eigenvalue weighted by Gasteiger charge is -2.35. The van der Waals surface area contributed by atoms with Crippen molar-refractivity contribution in [3.8, 4) is 0 Å². The summed E-state index contributed by atoms with van der Waals surface area (Å²) in [6.07, 6.45) is 1.85. The standard InChI is InChI=1S/C46H36N4Si/c1-6-20-37(21-7-1)49(38-22-8-2-9-23-38)45-33-19-34-46(48-45)51(41-27-12-4-13-28-41,42-29-14-5-15-30-42)43-31-18-26-40(36-43)50(39-24-10-3-11-25-39)44-32-16-17-35-47-44/h1-36H. The summed E-state index contributed by atoms with van der Waals surface area (Å²) in [5, 5.41) is 4.79. The zero-order valence-corrected chi connectivity index (χ0v) is 29.1. The molecule has 8 rings (SSSR count). The van der Waals surface area contributed by atoms with Crippen LogP contribution in [0.15, 0.2) is 219 Å². The van der Waals surface area contributed by atoms with Crippen LogP contribution in [0.1, 0.15) is 0 Å². The maximum absolute atomic E-state index is 5.68. The average Bonchev–Trinajstić information content (AvgIpc) is 3.21. The van der Waals surface area contributed by atoms with Gasteiger partial charge in [0.25, 0.3) is 0 Å². The zero-order chi connectivity index (χ0) is 34.3. The first kappa shape index (κ1) is 31.7. The van der Waals surface area contributed by atoms with Gasteiger partial charge in [0.05, 0.1) is 0 Å². The molecular formula is C46H36N4Si. The lowest BCUT2D eigenvalue weighted by molar-refractivity contribution is 1.18. The number of anilines is 6. The van der Waals surface area contributed by atoms with Gasteiger partial charge in [-0.15, -0.1) is 0 Å². The first-order valence-corrected chi connectivity index (χ1v) is 19.2. The summed E-state index contributed by atoms with van der Waals surface area (Å²) < 4.78 is 0. The highest BCUT2D eigenvalue weighted by Crippen LogP contribution is 2.34. The van der Waals surface area contributed by atoms with E-state index in [4.69, 9.17) is 9.97 Å². The zero-order valence-electron chi connectivity index (χ0n) is 28.1. The van der Waals surface area contributed by atoms with Crippen molar-refractivity contribution in [2.45, 2.75) is 0 Å². The number of hydrogen-bond donors (Lipinski definition) is 0. The number of rotatable bonds is 10. The second kappa shape index (κ2) is 14.5. The fraction of sp³-hybridized carbons (Fsp3) is 0. The first-order chi connectivity index (χ1) is 25.3. The molecule has 0 aliphatic carbocycles. The Morgan fingerprint density at radius 1 is 0.333 bits per heavy atom. The van der Waals surface area contributed by atoms with Gasteiger partial charge in [0.1, 0.15) is 11.6 Å². The van der Waals surface area contributed by atoms with Crippen LogP contribution in [-0.4, -0.2) is 18.0 Å². The summed E-state index contributed by atoms with van der Waals surface area (Å²) >= 11 is 0. The van der Waals surface area contributed by atoms with Crippen LogP contribution in [0.4, 0.5) is 34.4 Å². The van der Waals surface area contributed by atoms with E-state index < -0.39 is 8.07 Å². The van der Waals surface area contributed by atoms with Gasteiger partial charge in [0.15, 0.2) is 0 Å². The largest absolute Gasteiger partial charge is 0.295 e. The van der Waals surface area contributed by atoms with Gasteiger partial charge in [-0.1, -0.05) is 140 Å². The molecule has 0 saturated carbocycles. The molecule has 6 aromatic carbocycles. The summed E-state index contributed by atoms with van der Waals surface area (Å²) in [5.74, 6) is 1.72. The highest BCUT2D eigenvalue weighted by atomic mass is 28.3. The van der Waals surface area contributed by atoms with Crippen molar-refractivity contribution in [3.63, 3.8) is 0 Å². The molecule has 2 aromatic heterocycles. The SMILES string of the molecule is c1ccc(N(c2cccc([Si](c3ccccc3)(c3ccccc3)c3cccc(N(c4ccccc4)c4ccccc4)n3)c2)c2ccccn2)cc1. The van der Waals surface area contributed by atoms with E-state index in [2.05, 4.69) is 204 Å². The highest BCUT2D eigenvalue weighted by molar-refractivity contribution is 7.19. The minimum Gasteiger partial charge on any atom is -0.295 e. The summed E-state index contributed by atoms with van der Waals surface area (Å²) in [6, 6.07) is 74.9. The Kier molecular flexibility index (Phi) is 9.01. The average molecular weight is 673 g/mol. The van der Waals surface area contributed by atoms with Crippen LogP contribution in [0.2, 0.25) is 0 Å². The van der Waals surface area contributed by atoms with Gasteiger partial charge in [-0.05, 0) is 88.4 Å². The van der Waals surface area contributed by atoms with Crippen LogP contribution >= 0.6 is 0 Å². The van der Waals surface area contributed by atoms with Gasteiger partial charge in [0.2, 0.25) is 8.07 Å². The van der Waals surface area contributed by atoms with Gasteiger partial charge in [0, 0.05) is 34.3 Å². The van der Waals surface area contributed by atoms with Gasteiger partial charge in [-0.2, -0.15) is 0 Å². The van der Waals surface area contributed by atoms with E-state index in [-0.39, 0.29) is 0 Å². The monoisotopic (exact) mass is 672 g/mol. The van der Waals surface area contributed by atoms with Crippen LogP contribution in [0.25, 0.3) is 0 Å². The summed E-state index contributed by atoms with van der Waals surface area (Å²) in [5.41, 5.74) is 4.18. The molecule has 5 heteroatoms. The quantitative estimate of drug-likeness (QED) is 0.107. The normalized spacial score (nSPS) is 11.1. The van der Waals surface area contributed by atoms with Crippen LogP contribution in [0, 0.1) is 0 Å². The molecule has 0 unspecified atom stereocenters. The minimum absolute atomic E-state index is 0.856. The number of nitrogens with zero attached hydrogens (tertiary/aromatic N) is 4. The molecule has 0 bridgehead atoms. The molecule has 4 nitrogen and oxygen atoms in total. The van der Waals surface area contributed by atoms with Crippen molar-refractivity contribution in [2.75, 3.05) is 9.80 Å². The van der Waals surface area contributed by atoms with Gasteiger partial charge in [-0.25, -0.2) is 9.97 Å². The Labute approximate surface area is 300 Å². The van der Waals surface area contributed by atoms with Crippen molar-refractivity contribution in [1.82, 2.24) is 9.97 Å². The van der Waals surface area contributed by atoms with Crippen LogP contribution in [0.3, 0.4) is 0 Å². The van der Waals surface area contributed by atoms with Crippen LogP contribution in [0.5, 0.6) is 0 Å². The third-order valence-corrected chi connectivity index (χ3v) is 13.8. The van der Waals surface area contributed by atoms with E-state index in [1.165, 1.54) is 15.6 Å². The van der Waals surface area contributed by atoms with E-state index >= 15 is 0 Å². The predicted octanol–water partition coefficient (Wildman–Crippen LogP) is 8.79. The molecule has 0 amide bonds. The molecule has 0 atom stereocenters. The molecule has 0 aliphatic heterocycles. The molecule has 8 aromatic rings. The van der Waals surface area contributed by atoms with Gasteiger partial charge >= 0.3 is 0 Å². The highest BCUT2D eigenvalue weighted by Gasteiger charge is 2.43. The molecular weight excluding hydrogens is 637 g/mol. The maximum atomic E-state index is 5.68. The molecule has 0 N–H and O–H groups in total. The van der Waals surface area contributed by atoms with E-state index in [1.54, 1.807) is 0 Å². The first-order valence-electron chi connectivity index (χ1n) is 17.2. The number of para-hydroxylation sites is 3. The van der Waals surface area contributed by atoms with Crippen molar-refractivity contribution in [3.05, 3.63) is 219 Å². The fourth-order valence-corrected chi connectivity index (χ4v) is 11.6. The second-order valence-electron chi connectivity index (χ2n) is 12.3. The second-order valence-corrected chi connectivity index (χ2v) is 16.0. The number of pyridine rings is 2. The lowest BCUT2D eigenvalue weighted by Crippen LogP contribution is -2.75. The summed E-state index contributed by atoms with van der Waals surface area (Å²) in [7, 11) is -3.04. The third-order valence-electron chi connectivity index (χ3n) is 9.22. The Morgan fingerprint density at radius 3 is 1.25 bits per heavy atom. The van der Waals surface area contributed by atoms with E-state index in [9.17, 15) is 0 Å². The number of benzene rings is 6. The van der Waals surface area contributed by atoms with Gasteiger partial charge in [-0.3, -0.25) is 9.80 Å². The Hall–Kier alpha value is -6.56. The molecule has 51 heavy (non-hydrogen) atoms. The predicted molar refractivity (Wildman–Crippen MR) is 215 cm³/mol. The molecule has 0 radical (unpaired) electrons. The Balaban J connectivity index is 1.40. The Morgan fingerprint density at radius 2 is 0.745 bits per heavy atom.